The lowest BCUT2D eigenvalue weighted by molar-refractivity contribution is 0.0996. The molecule has 4 aromatic rings. The van der Waals surface area contributed by atoms with E-state index in [0.29, 0.717) is 26.9 Å². The average molecular weight is 468 g/mol. The molecule has 32 heavy (non-hydrogen) atoms. The molecule has 0 radical (unpaired) electrons. The van der Waals surface area contributed by atoms with Crippen LogP contribution in [-0.2, 0) is 6.54 Å². The van der Waals surface area contributed by atoms with Gasteiger partial charge in [0.05, 0.1) is 24.0 Å². The summed E-state index contributed by atoms with van der Waals surface area (Å²) < 4.78 is 15.5. The van der Waals surface area contributed by atoms with Crippen LogP contribution in [0.15, 0.2) is 79.1 Å². The second kappa shape index (κ2) is 9.34. The van der Waals surface area contributed by atoms with Crippen molar-refractivity contribution < 1.29 is 14.0 Å². The Labute approximate surface area is 193 Å². The SMILES string of the molecule is O=C(Nc1cnn(Cc2c(F)cccc2Cl)c1)c1ccccc1C(=O)c1ccc(Cl)cc1. The fourth-order valence-electron chi connectivity index (χ4n) is 3.19. The average Bonchev–Trinajstić information content (AvgIpc) is 3.23. The van der Waals surface area contributed by atoms with Crippen LogP contribution >= 0.6 is 23.2 Å². The van der Waals surface area contributed by atoms with Gasteiger partial charge in [-0.15, -0.1) is 0 Å². The lowest BCUT2D eigenvalue weighted by Crippen LogP contribution is -2.16. The molecule has 8 heteroatoms. The highest BCUT2D eigenvalue weighted by Gasteiger charge is 2.19. The molecule has 0 atom stereocenters. The fraction of sp³-hybridized carbons (Fsp3) is 0.0417. The van der Waals surface area contributed by atoms with Gasteiger partial charge < -0.3 is 5.32 Å². The number of nitrogens with one attached hydrogen (secondary N) is 1. The van der Waals surface area contributed by atoms with Gasteiger partial charge >= 0.3 is 0 Å². The fourth-order valence-corrected chi connectivity index (χ4v) is 3.54. The van der Waals surface area contributed by atoms with E-state index >= 15 is 0 Å². The molecule has 3 aromatic carbocycles. The first kappa shape index (κ1) is 21.7. The predicted molar refractivity (Wildman–Crippen MR) is 122 cm³/mol. The van der Waals surface area contributed by atoms with Crippen molar-refractivity contribution in [2.75, 3.05) is 5.32 Å². The molecule has 0 aliphatic carbocycles. The van der Waals surface area contributed by atoms with Crippen molar-refractivity contribution in [3.8, 4) is 0 Å². The van der Waals surface area contributed by atoms with Gasteiger partial charge in [-0.25, -0.2) is 4.39 Å². The molecule has 1 heterocycles. The van der Waals surface area contributed by atoms with Crippen LogP contribution in [0.3, 0.4) is 0 Å². The number of hydrogen-bond donors (Lipinski definition) is 1. The first-order valence-corrected chi connectivity index (χ1v) is 10.3. The largest absolute Gasteiger partial charge is 0.319 e. The molecule has 1 aromatic heterocycles. The van der Waals surface area contributed by atoms with Crippen molar-refractivity contribution >= 4 is 40.6 Å². The maximum absolute atomic E-state index is 14.0. The summed E-state index contributed by atoms with van der Waals surface area (Å²) in [6, 6.07) is 17.4. The minimum Gasteiger partial charge on any atom is -0.319 e. The van der Waals surface area contributed by atoms with Crippen LogP contribution in [0.2, 0.25) is 10.0 Å². The lowest BCUT2D eigenvalue weighted by Gasteiger charge is -2.09. The van der Waals surface area contributed by atoms with Crippen LogP contribution in [0.5, 0.6) is 0 Å². The molecule has 1 N–H and O–H groups in total. The van der Waals surface area contributed by atoms with Gasteiger partial charge in [0.2, 0.25) is 0 Å². The number of rotatable bonds is 6. The van der Waals surface area contributed by atoms with Crippen LogP contribution in [-0.4, -0.2) is 21.5 Å². The summed E-state index contributed by atoms with van der Waals surface area (Å²) in [5.74, 6) is -1.20. The van der Waals surface area contributed by atoms with Gasteiger partial charge in [0.25, 0.3) is 5.91 Å². The van der Waals surface area contributed by atoms with Gasteiger partial charge in [-0.1, -0.05) is 47.5 Å². The number of halogens is 3. The molecule has 0 aliphatic rings. The van der Waals surface area contributed by atoms with Crippen LogP contribution in [0.1, 0.15) is 31.8 Å². The highest BCUT2D eigenvalue weighted by Crippen LogP contribution is 2.21. The molecular weight excluding hydrogens is 452 g/mol. The minimum atomic E-state index is -0.466. The van der Waals surface area contributed by atoms with Crippen molar-refractivity contribution in [2.24, 2.45) is 0 Å². The van der Waals surface area contributed by atoms with E-state index in [4.69, 9.17) is 23.2 Å². The van der Waals surface area contributed by atoms with Gasteiger partial charge in [-0.2, -0.15) is 5.10 Å². The van der Waals surface area contributed by atoms with E-state index in [2.05, 4.69) is 10.4 Å². The first-order chi connectivity index (χ1) is 15.4. The monoisotopic (exact) mass is 467 g/mol. The molecule has 0 spiro atoms. The van der Waals surface area contributed by atoms with Crippen molar-refractivity contribution in [1.29, 1.82) is 0 Å². The van der Waals surface area contributed by atoms with E-state index < -0.39 is 11.7 Å². The molecule has 5 nitrogen and oxygen atoms in total. The van der Waals surface area contributed by atoms with Gasteiger partial charge in [0, 0.05) is 32.9 Å². The number of benzene rings is 3. The van der Waals surface area contributed by atoms with Crippen molar-refractivity contribution in [3.63, 3.8) is 0 Å². The number of amides is 1. The van der Waals surface area contributed by atoms with Crippen LogP contribution in [0, 0.1) is 5.82 Å². The molecule has 0 saturated carbocycles. The Morgan fingerprint density at radius 1 is 0.938 bits per heavy atom. The predicted octanol–water partition coefficient (Wildman–Crippen LogP) is 5.86. The summed E-state index contributed by atoms with van der Waals surface area (Å²) in [5.41, 5.74) is 1.60. The maximum atomic E-state index is 14.0. The van der Waals surface area contributed by atoms with Crippen molar-refractivity contribution in [3.05, 3.63) is 117 Å². The molecule has 0 bridgehead atoms. The number of carbonyl (C=O) groups is 2. The summed E-state index contributed by atoms with van der Waals surface area (Å²) in [4.78, 5) is 25.8. The summed E-state index contributed by atoms with van der Waals surface area (Å²) >= 11 is 12.0. The summed E-state index contributed by atoms with van der Waals surface area (Å²) in [6.45, 7) is 0.104. The Hall–Kier alpha value is -3.48. The zero-order valence-corrected chi connectivity index (χ0v) is 18.1. The second-order valence-electron chi connectivity index (χ2n) is 6.96. The molecule has 160 valence electrons. The highest BCUT2D eigenvalue weighted by molar-refractivity contribution is 6.31. The van der Waals surface area contributed by atoms with Crippen LogP contribution in [0.4, 0.5) is 10.1 Å². The van der Waals surface area contributed by atoms with Gasteiger partial charge in [-0.3, -0.25) is 14.3 Å². The molecule has 1 amide bonds. The lowest BCUT2D eigenvalue weighted by atomic mass is 9.98. The Bertz CT molecular complexity index is 1280. The molecule has 0 unspecified atom stereocenters. The molecule has 0 saturated heterocycles. The zero-order valence-electron chi connectivity index (χ0n) is 16.6. The topological polar surface area (TPSA) is 64.0 Å². The molecule has 0 aliphatic heterocycles. The Morgan fingerprint density at radius 3 is 2.38 bits per heavy atom. The third-order valence-electron chi connectivity index (χ3n) is 4.80. The van der Waals surface area contributed by atoms with E-state index in [1.54, 1.807) is 60.8 Å². The summed E-state index contributed by atoms with van der Waals surface area (Å²) in [6.07, 6.45) is 3.00. The smallest absolute Gasteiger partial charge is 0.256 e. The van der Waals surface area contributed by atoms with E-state index in [1.165, 1.54) is 23.0 Å². The van der Waals surface area contributed by atoms with Crippen LogP contribution < -0.4 is 5.32 Å². The number of carbonyl (C=O) groups excluding carboxylic acids is 2. The van der Waals surface area contributed by atoms with E-state index in [0.717, 1.165) is 0 Å². The second-order valence-corrected chi connectivity index (χ2v) is 7.81. The number of anilines is 1. The van der Waals surface area contributed by atoms with Gasteiger partial charge in [0.1, 0.15) is 5.82 Å². The molecular formula is C24H16Cl2FN3O2. The third kappa shape index (κ3) is 4.72. The Morgan fingerprint density at radius 2 is 1.66 bits per heavy atom. The number of aromatic nitrogens is 2. The standard InChI is InChI=1S/C24H16Cl2FN3O2/c25-16-10-8-15(9-11-16)23(31)18-4-1-2-5-19(18)24(32)29-17-12-28-30(13-17)14-20-21(26)6-3-7-22(20)27/h1-13H,14H2,(H,29,32). The van der Waals surface area contributed by atoms with E-state index in [9.17, 15) is 14.0 Å². The first-order valence-electron chi connectivity index (χ1n) is 9.58. The van der Waals surface area contributed by atoms with Crippen molar-refractivity contribution in [2.45, 2.75) is 6.54 Å². The normalized spacial score (nSPS) is 10.7. The Kier molecular flexibility index (Phi) is 6.35. The molecule has 0 fully saturated rings. The van der Waals surface area contributed by atoms with Gasteiger partial charge in [0.15, 0.2) is 5.78 Å². The minimum absolute atomic E-state index is 0.104. The number of hydrogen-bond acceptors (Lipinski definition) is 3. The maximum Gasteiger partial charge on any atom is 0.256 e. The summed E-state index contributed by atoms with van der Waals surface area (Å²) in [7, 11) is 0. The van der Waals surface area contributed by atoms with Crippen molar-refractivity contribution in [1.82, 2.24) is 9.78 Å². The van der Waals surface area contributed by atoms with Crippen LogP contribution in [0.25, 0.3) is 0 Å². The third-order valence-corrected chi connectivity index (χ3v) is 5.40. The van der Waals surface area contributed by atoms with E-state index in [-0.39, 0.29) is 23.5 Å². The van der Waals surface area contributed by atoms with Gasteiger partial charge in [-0.05, 0) is 42.5 Å². The number of ketones is 1. The number of nitrogens with zero attached hydrogens (tertiary/aromatic N) is 2. The Balaban J connectivity index is 1.53. The zero-order chi connectivity index (χ0) is 22.7. The van der Waals surface area contributed by atoms with E-state index in [1.807, 2.05) is 0 Å². The quantitative estimate of drug-likeness (QED) is 0.361. The molecule has 4 rings (SSSR count). The highest BCUT2D eigenvalue weighted by atomic mass is 35.5. The summed E-state index contributed by atoms with van der Waals surface area (Å²) in [5, 5.41) is 7.69.